The number of nitrogens with one attached hydrogen (secondary N) is 1. The third-order valence-electron chi connectivity index (χ3n) is 3.55. The average molecular weight is 362 g/mol. The predicted octanol–water partition coefficient (Wildman–Crippen LogP) is 4.88. The van der Waals surface area contributed by atoms with Crippen LogP contribution in [0.1, 0.15) is 5.56 Å². The van der Waals surface area contributed by atoms with E-state index in [-0.39, 0.29) is 0 Å². The Morgan fingerprint density at radius 1 is 1.04 bits per heavy atom. The summed E-state index contributed by atoms with van der Waals surface area (Å²) < 4.78 is 13.1. The first-order valence-electron chi connectivity index (χ1n) is 7.88. The van der Waals surface area contributed by atoms with Crippen molar-refractivity contribution in [2.75, 3.05) is 0 Å². The standard InChI is InChI=1S/C19H14N4O2S/c26-19-22-21-18(17-10-5-11-24-17)23(19)20-13-14-6-4-9-16(12-14)25-15-7-2-1-3-8-15/h1-13H,(H,22,26)/b20-13+. The molecule has 0 bridgehead atoms. The molecule has 2 heterocycles. The van der Waals surface area contributed by atoms with Crippen LogP contribution in [-0.2, 0) is 0 Å². The summed E-state index contributed by atoms with van der Waals surface area (Å²) in [7, 11) is 0. The Morgan fingerprint density at radius 3 is 2.69 bits per heavy atom. The lowest BCUT2D eigenvalue weighted by atomic mass is 10.2. The molecule has 0 unspecified atom stereocenters. The highest BCUT2D eigenvalue weighted by Gasteiger charge is 2.10. The SMILES string of the molecule is S=c1[nH]nc(-c2ccco2)n1/N=C/c1cccc(Oc2ccccc2)c1. The van der Waals surface area contributed by atoms with Crippen LogP contribution in [-0.4, -0.2) is 21.1 Å². The van der Waals surface area contributed by atoms with Crippen molar-refractivity contribution in [1.82, 2.24) is 14.9 Å². The molecule has 2 aromatic heterocycles. The van der Waals surface area contributed by atoms with Gasteiger partial charge in [0.15, 0.2) is 5.76 Å². The number of aromatic nitrogens is 3. The Kier molecular flexibility index (Phi) is 4.44. The van der Waals surface area contributed by atoms with Gasteiger partial charge in [-0.1, -0.05) is 30.3 Å². The third kappa shape index (κ3) is 3.47. The molecular weight excluding hydrogens is 348 g/mol. The molecule has 0 aliphatic heterocycles. The van der Waals surface area contributed by atoms with Gasteiger partial charge in [0.25, 0.3) is 0 Å². The molecule has 0 amide bonds. The summed E-state index contributed by atoms with van der Waals surface area (Å²) in [5, 5.41) is 11.3. The maximum absolute atomic E-state index is 5.84. The number of aromatic amines is 1. The summed E-state index contributed by atoms with van der Waals surface area (Å²) in [5.74, 6) is 2.59. The molecule has 0 aliphatic carbocycles. The minimum Gasteiger partial charge on any atom is -0.461 e. The Bertz CT molecular complexity index is 1080. The topological polar surface area (TPSA) is 68.3 Å². The van der Waals surface area contributed by atoms with Gasteiger partial charge >= 0.3 is 0 Å². The summed E-state index contributed by atoms with van der Waals surface area (Å²) in [5.41, 5.74) is 0.868. The van der Waals surface area contributed by atoms with Crippen LogP contribution in [0, 0.1) is 4.77 Å². The van der Waals surface area contributed by atoms with E-state index in [0.29, 0.717) is 16.4 Å². The molecular formula is C19H14N4O2S. The van der Waals surface area contributed by atoms with Crippen molar-refractivity contribution in [1.29, 1.82) is 0 Å². The van der Waals surface area contributed by atoms with E-state index >= 15 is 0 Å². The number of rotatable bonds is 5. The summed E-state index contributed by atoms with van der Waals surface area (Å²) in [6.07, 6.45) is 3.27. The van der Waals surface area contributed by atoms with E-state index in [0.717, 1.165) is 17.1 Å². The van der Waals surface area contributed by atoms with Gasteiger partial charge in [0.1, 0.15) is 11.5 Å². The molecule has 0 saturated heterocycles. The number of H-pyrrole nitrogens is 1. The van der Waals surface area contributed by atoms with Crippen LogP contribution in [0.4, 0.5) is 0 Å². The molecule has 0 aliphatic rings. The number of hydrogen-bond donors (Lipinski definition) is 1. The van der Waals surface area contributed by atoms with E-state index in [4.69, 9.17) is 21.4 Å². The molecule has 4 aromatic rings. The maximum Gasteiger partial charge on any atom is 0.219 e. The van der Waals surface area contributed by atoms with Crippen molar-refractivity contribution in [2.45, 2.75) is 0 Å². The third-order valence-corrected chi connectivity index (χ3v) is 3.82. The molecule has 0 spiro atoms. The normalized spacial score (nSPS) is 11.1. The molecule has 128 valence electrons. The molecule has 6 nitrogen and oxygen atoms in total. The predicted molar refractivity (Wildman–Crippen MR) is 101 cm³/mol. The van der Waals surface area contributed by atoms with E-state index < -0.39 is 0 Å². The molecule has 1 N–H and O–H groups in total. The first kappa shape index (κ1) is 16.0. The van der Waals surface area contributed by atoms with Gasteiger partial charge in [-0.2, -0.15) is 9.78 Å². The van der Waals surface area contributed by atoms with E-state index in [9.17, 15) is 0 Å². The Hall–Kier alpha value is -3.45. The van der Waals surface area contributed by atoms with Gasteiger partial charge in [-0.25, -0.2) is 5.10 Å². The van der Waals surface area contributed by atoms with Crippen LogP contribution in [0.15, 0.2) is 82.5 Å². The van der Waals surface area contributed by atoms with Crippen molar-refractivity contribution in [2.24, 2.45) is 5.10 Å². The van der Waals surface area contributed by atoms with E-state index in [1.54, 1.807) is 24.6 Å². The highest BCUT2D eigenvalue weighted by Crippen LogP contribution is 2.21. The lowest BCUT2D eigenvalue weighted by Gasteiger charge is -2.05. The van der Waals surface area contributed by atoms with Gasteiger partial charge in [-0.05, 0) is 54.2 Å². The Labute approximate surface area is 154 Å². The summed E-state index contributed by atoms with van der Waals surface area (Å²) in [4.78, 5) is 0. The number of benzene rings is 2. The van der Waals surface area contributed by atoms with Crippen LogP contribution in [0.2, 0.25) is 0 Å². The largest absolute Gasteiger partial charge is 0.461 e. The minimum absolute atomic E-state index is 0.379. The number of para-hydroxylation sites is 1. The Balaban J connectivity index is 1.59. The maximum atomic E-state index is 5.84. The first-order valence-corrected chi connectivity index (χ1v) is 8.29. The molecule has 4 rings (SSSR count). The van der Waals surface area contributed by atoms with Gasteiger partial charge in [-0.15, -0.1) is 5.10 Å². The summed E-state index contributed by atoms with van der Waals surface area (Å²) in [6, 6.07) is 20.8. The van der Waals surface area contributed by atoms with Gasteiger partial charge in [0.05, 0.1) is 12.5 Å². The molecule has 0 atom stereocenters. The van der Waals surface area contributed by atoms with E-state index in [1.165, 1.54) is 4.68 Å². The zero-order valence-corrected chi connectivity index (χ0v) is 14.4. The van der Waals surface area contributed by atoms with Crippen LogP contribution in [0.5, 0.6) is 11.5 Å². The second-order valence-corrected chi connectivity index (χ2v) is 5.76. The highest BCUT2D eigenvalue weighted by molar-refractivity contribution is 7.71. The summed E-state index contributed by atoms with van der Waals surface area (Å²) >= 11 is 5.24. The van der Waals surface area contributed by atoms with Crippen molar-refractivity contribution in [3.05, 3.63) is 83.3 Å². The van der Waals surface area contributed by atoms with Crippen LogP contribution in [0.25, 0.3) is 11.6 Å². The van der Waals surface area contributed by atoms with Gasteiger partial charge in [-0.3, -0.25) is 0 Å². The van der Waals surface area contributed by atoms with Gasteiger partial charge < -0.3 is 9.15 Å². The molecule has 2 aromatic carbocycles. The lowest BCUT2D eigenvalue weighted by molar-refractivity contribution is 0.482. The quantitative estimate of drug-likeness (QED) is 0.406. The lowest BCUT2D eigenvalue weighted by Crippen LogP contribution is -1.94. The molecule has 26 heavy (non-hydrogen) atoms. The molecule has 7 heteroatoms. The fourth-order valence-electron chi connectivity index (χ4n) is 2.37. The molecule has 0 radical (unpaired) electrons. The van der Waals surface area contributed by atoms with Crippen molar-refractivity contribution in [3.8, 4) is 23.1 Å². The monoisotopic (exact) mass is 362 g/mol. The zero-order chi connectivity index (χ0) is 17.8. The average Bonchev–Trinajstić information content (AvgIpc) is 3.31. The first-order chi connectivity index (χ1) is 12.8. The minimum atomic E-state index is 0.379. The van der Waals surface area contributed by atoms with E-state index in [2.05, 4.69) is 15.3 Å². The smallest absolute Gasteiger partial charge is 0.219 e. The van der Waals surface area contributed by atoms with Crippen LogP contribution < -0.4 is 4.74 Å². The van der Waals surface area contributed by atoms with Crippen molar-refractivity contribution >= 4 is 18.4 Å². The van der Waals surface area contributed by atoms with Crippen molar-refractivity contribution in [3.63, 3.8) is 0 Å². The number of nitrogens with zero attached hydrogens (tertiary/aromatic N) is 3. The summed E-state index contributed by atoms with van der Waals surface area (Å²) in [6.45, 7) is 0. The van der Waals surface area contributed by atoms with Crippen molar-refractivity contribution < 1.29 is 9.15 Å². The van der Waals surface area contributed by atoms with Crippen LogP contribution in [0.3, 0.4) is 0 Å². The van der Waals surface area contributed by atoms with Gasteiger partial charge in [0, 0.05) is 0 Å². The number of hydrogen-bond acceptors (Lipinski definition) is 5. The van der Waals surface area contributed by atoms with Gasteiger partial charge in [0.2, 0.25) is 10.6 Å². The second-order valence-electron chi connectivity index (χ2n) is 5.37. The van der Waals surface area contributed by atoms with Crippen LogP contribution >= 0.6 is 12.2 Å². The number of furan rings is 1. The fourth-order valence-corrected chi connectivity index (χ4v) is 2.55. The highest BCUT2D eigenvalue weighted by atomic mass is 32.1. The molecule has 0 saturated carbocycles. The zero-order valence-electron chi connectivity index (χ0n) is 13.6. The van der Waals surface area contributed by atoms with E-state index in [1.807, 2.05) is 54.6 Å². The fraction of sp³-hybridized carbons (Fsp3) is 0. The number of ether oxygens (including phenoxy) is 1. The second kappa shape index (κ2) is 7.20. The Morgan fingerprint density at radius 2 is 1.88 bits per heavy atom. The molecule has 0 fully saturated rings.